The zero-order chi connectivity index (χ0) is 18.1. The second kappa shape index (κ2) is 7.12. The van der Waals surface area contributed by atoms with Gasteiger partial charge >= 0.3 is 0 Å². The van der Waals surface area contributed by atoms with Crippen LogP contribution >= 0.6 is 0 Å². The van der Waals surface area contributed by atoms with E-state index in [0.29, 0.717) is 0 Å². The molecule has 0 atom stereocenters. The van der Waals surface area contributed by atoms with Gasteiger partial charge in [0.15, 0.2) is 0 Å². The quantitative estimate of drug-likeness (QED) is 0.744. The van der Waals surface area contributed by atoms with Crippen LogP contribution in [-0.4, -0.2) is 32.1 Å². The molecule has 0 unspecified atom stereocenters. The summed E-state index contributed by atoms with van der Waals surface area (Å²) >= 11 is 0. The first-order valence-corrected chi connectivity index (χ1v) is 9.73. The Morgan fingerprint density at radius 2 is 1.96 bits per heavy atom. The van der Waals surface area contributed by atoms with Crippen molar-refractivity contribution in [1.29, 1.82) is 0 Å². The zero-order valence-corrected chi connectivity index (χ0v) is 15.5. The average molecular weight is 349 g/mol. The number of benzene rings is 2. The summed E-state index contributed by atoms with van der Waals surface area (Å²) in [6, 6.07) is 10.8. The first-order valence-electron chi connectivity index (χ1n) is 9.73. The van der Waals surface area contributed by atoms with Crippen LogP contribution in [0.15, 0.2) is 30.3 Å². The van der Waals surface area contributed by atoms with Gasteiger partial charge in [0, 0.05) is 26.2 Å². The van der Waals surface area contributed by atoms with Gasteiger partial charge in [0.25, 0.3) is 5.91 Å². The standard InChI is InChI=1S/C22H27N3O/c1-2-3-7-17-18-13-15-6-4-5-8-16(15)19(18)14-20(21(17)22(23)26)25-11-9-24-10-12-25/h4-6,8,14,24H,2-3,7,9-13H2,1H3,(H2,23,26). The molecule has 2 aromatic rings. The van der Waals surface area contributed by atoms with Gasteiger partial charge in [-0.3, -0.25) is 4.79 Å². The lowest BCUT2D eigenvalue weighted by atomic mass is 9.90. The molecule has 1 saturated heterocycles. The van der Waals surface area contributed by atoms with Crippen LogP contribution in [0.1, 0.15) is 46.8 Å². The molecule has 136 valence electrons. The highest BCUT2D eigenvalue weighted by Crippen LogP contribution is 2.43. The molecule has 2 aromatic carbocycles. The summed E-state index contributed by atoms with van der Waals surface area (Å²) in [6.45, 7) is 5.90. The van der Waals surface area contributed by atoms with Crippen molar-refractivity contribution in [3.05, 3.63) is 52.6 Å². The van der Waals surface area contributed by atoms with E-state index in [4.69, 9.17) is 5.73 Å². The molecule has 4 rings (SSSR count). The Balaban J connectivity index is 1.92. The number of unbranched alkanes of at least 4 members (excludes halogenated alkanes) is 1. The normalized spacial score (nSPS) is 15.7. The summed E-state index contributed by atoms with van der Waals surface area (Å²) in [5.41, 5.74) is 14.2. The highest BCUT2D eigenvalue weighted by Gasteiger charge is 2.29. The van der Waals surface area contributed by atoms with Gasteiger partial charge in [0.1, 0.15) is 0 Å². The highest BCUT2D eigenvalue weighted by molar-refractivity contribution is 6.03. The van der Waals surface area contributed by atoms with Gasteiger partial charge in [-0.05, 0) is 53.1 Å². The molecule has 26 heavy (non-hydrogen) atoms. The van der Waals surface area contributed by atoms with Crippen LogP contribution in [0, 0.1) is 0 Å². The molecule has 1 amide bonds. The van der Waals surface area contributed by atoms with Crippen LogP contribution < -0.4 is 16.0 Å². The third-order valence-corrected chi connectivity index (χ3v) is 5.69. The largest absolute Gasteiger partial charge is 0.368 e. The number of carbonyl (C=O) groups excluding carboxylic acids is 1. The van der Waals surface area contributed by atoms with E-state index in [9.17, 15) is 4.79 Å². The third-order valence-electron chi connectivity index (χ3n) is 5.69. The number of carbonyl (C=O) groups is 1. The Bertz CT molecular complexity index is 838. The maximum Gasteiger partial charge on any atom is 0.251 e. The Morgan fingerprint density at radius 1 is 1.19 bits per heavy atom. The SMILES string of the molecule is CCCCc1c2c(cc(N3CCNCC3)c1C(N)=O)-c1ccccc1C2. The van der Waals surface area contributed by atoms with Crippen LogP contribution in [-0.2, 0) is 12.8 Å². The number of nitrogens with zero attached hydrogens (tertiary/aromatic N) is 1. The van der Waals surface area contributed by atoms with Gasteiger partial charge in [-0.15, -0.1) is 0 Å². The van der Waals surface area contributed by atoms with Crippen LogP contribution in [0.2, 0.25) is 0 Å². The summed E-state index contributed by atoms with van der Waals surface area (Å²) in [7, 11) is 0. The lowest BCUT2D eigenvalue weighted by Gasteiger charge is -2.32. The minimum Gasteiger partial charge on any atom is -0.368 e. The molecule has 1 aliphatic heterocycles. The van der Waals surface area contributed by atoms with Gasteiger partial charge in [0.2, 0.25) is 0 Å². The number of rotatable bonds is 5. The molecule has 3 N–H and O–H groups in total. The fourth-order valence-corrected chi connectivity index (χ4v) is 4.39. The maximum atomic E-state index is 12.5. The maximum absolute atomic E-state index is 12.5. The number of nitrogens with two attached hydrogens (primary N) is 1. The predicted molar refractivity (Wildman–Crippen MR) is 107 cm³/mol. The third kappa shape index (κ3) is 2.88. The van der Waals surface area contributed by atoms with Crippen LogP contribution in [0.5, 0.6) is 0 Å². The highest BCUT2D eigenvalue weighted by atomic mass is 16.1. The second-order valence-corrected chi connectivity index (χ2v) is 7.31. The van der Waals surface area contributed by atoms with Crippen molar-refractivity contribution < 1.29 is 4.79 Å². The van der Waals surface area contributed by atoms with E-state index < -0.39 is 0 Å². The number of primary amides is 1. The number of piperazine rings is 1. The van der Waals surface area contributed by atoms with E-state index in [0.717, 1.165) is 63.1 Å². The summed E-state index contributed by atoms with van der Waals surface area (Å²) in [5.74, 6) is -0.289. The van der Waals surface area contributed by atoms with E-state index in [1.54, 1.807) is 0 Å². The molecular formula is C22H27N3O. The lowest BCUT2D eigenvalue weighted by Crippen LogP contribution is -2.44. The van der Waals surface area contributed by atoms with Gasteiger partial charge < -0.3 is 16.0 Å². The topological polar surface area (TPSA) is 58.4 Å². The first-order chi connectivity index (χ1) is 12.7. The Kier molecular flexibility index (Phi) is 4.68. The Hall–Kier alpha value is -2.33. The Labute approximate surface area is 155 Å². The molecule has 1 heterocycles. The van der Waals surface area contributed by atoms with Gasteiger partial charge in [-0.25, -0.2) is 0 Å². The second-order valence-electron chi connectivity index (χ2n) is 7.31. The van der Waals surface area contributed by atoms with Gasteiger partial charge in [-0.2, -0.15) is 0 Å². The van der Waals surface area contributed by atoms with Gasteiger partial charge in [0.05, 0.1) is 11.3 Å². The molecule has 4 nitrogen and oxygen atoms in total. The number of hydrogen-bond donors (Lipinski definition) is 2. The van der Waals surface area contributed by atoms with Gasteiger partial charge in [-0.1, -0.05) is 37.6 Å². The van der Waals surface area contributed by atoms with Crippen molar-refractivity contribution >= 4 is 11.6 Å². The molecule has 1 fully saturated rings. The van der Waals surface area contributed by atoms with Crippen molar-refractivity contribution in [2.45, 2.75) is 32.6 Å². The molecule has 0 bridgehead atoms. The molecule has 0 spiro atoms. The fraction of sp³-hybridized carbons (Fsp3) is 0.409. The van der Waals surface area contributed by atoms with Crippen molar-refractivity contribution in [2.75, 3.05) is 31.1 Å². The number of nitrogens with one attached hydrogen (secondary N) is 1. The fourth-order valence-electron chi connectivity index (χ4n) is 4.39. The van der Waals surface area contributed by atoms with E-state index in [1.165, 1.54) is 27.8 Å². The van der Waals surface area contributed by atoms with Crippen molar-refractivity contribution in [1.82, 2.24) is 5.32 Å². The summed E-state index contributed by atoms with van der Waals surface area (Å²) in [4.78, 5) is 14.8. The summed E-state index contributed by atoms with van der Waals surface area (Å²) in [6.07, 6.45) is 4.02. The molecule has 0 radical (unpaired) electrons. The number of hydrogen-bond acceptors (Lipinski definition) is 3. The van der Waals surface area contributed by atoms with E-state index in [-0.39, 0.29) is 5.91 Å². The molecule has 1 aliphatic carbocycles. The van der Waals surface area contributed by atoms with E-state index >= 15 is 0 Å². The smallest absolute Gasteiger partial charge is 0.251 e. The molecule has 2 aliphatic rings. The van der Waals surface area contributed by atoms with Crippen molar-refractivity contribution in [3.63, 3.8) is 0 Å². The summed E-state index contributed by atoms with van der Waals surface area (Å²) < 4.78 is 0. The van der Waals surface area contributed by atoms with E-state index in [1.807, 2.05) is 0 Å². The lowest BCUT2D eigenvalue weighted by molar-refractivity contribution is 0.0999. The van der Waals surface area contributed by atoms with Crippen molar-refractivity contribution in [3.8, 4) is 11.1 Å². The number of amides is 1. The minimum atomic E-state index is -0.289. The molecule has 4 heteroatoms. The van der Waals surface area contributed by atoms with Crippen LogP contribution in [0.25, 0.3) is 11.1 Å². The Morgan fingerprint density at radius 3 is 2.69 bits per heavy atom. The minimum absolute atomic E-state index is 0.289. The predicted octanol–water partition coefficient (Wildman–Crippen LogP) is 3.11. The van der Waals surface area contributed by atoms with Crippen molar-refractivity contribution in [2.24, 2.45) is 5.73 Å². The number of anilines is 1. The van der Waals surface area contributed by atoms with Crippen LogP contribution in [0.4, 0.5) is 5.69 Å². The first kappa shape index (κ1) is 17.1. The van der Waals surface area contributed by atoms with E-state index in [2.05, 4.69) is 47.5 Å². The monoisotopic (exact) mass is 349 g/mol. The molecular weight excluding hydrogens is 322 g/mol. The van der Waals surface area contributed by atoms with Crippen LogP contribution in [0.3, 0.4) is 0 Å². The summed E-state index contributed by atoms with van der Waals surface area (Å²) in [5, 5.41) is 3.39. The molecule has 0 saturated carbocycles. The number of fused-ring (bicyclic) bond motifs is 3. The molecule has 0 aromatic heterocycles. The zero-order valence-electron chi connectivity index (χ0n) is 15.5. The average Bonchev–Trinajstić information content (AvgIpc) is 3.04.